The smallest absolute Gasteiger partial charge is 0.161 e. The van der Waals surface area contributed by atoms with Crippen molar-refractivity contribution < 1.29 is 4.74 Å². The maximum absolute atomic E-state index is 8.98. The van der Waals surface area contributed by atoms with Gasteiger partial charge in [-0.05, 0) is 24.3 Å². The number of nitrogen functional groups attached to an aromatic ring is 1. The van der Waals surface area contributed by atoms with Crippen molar-refractivity contribution in [3.05, 3.63) is 30.5 Å². The number of nitrogens with zero attached hydrogens (tertiary/aromatic N) is 3. The van der Waals surface area contributed by atoms with E-state index in [9.17, 15) is 0 Å². The number of hydrogen-bond donors (Lipinski definition) is 1. The zero-order valence-electron chi connectivity index (χ0n) is 10.4. The molecule has 19 heavy (non-hydrogen) atoms. The number of rotatable bonds is 1. The third kappa shape index (κ3) is 2.07. The van der Waals surface area contributed by atoms with Crippen LogP contribution in [0.2, 0.25) is 0 Å². The van der Waals surface area contributed by atoms with Crippen LogP contribution in [-0.2, 0) is 4.74 Å². The van der Waals surface area contributed by atoms with E-state index in [4.69, 9.17) is 15.7 Å². The summed E-state index contributed by atoms with van der Waals surface area (Å²) in [6.07, 6.45) is 1.37. The van der Waals surface area contributed by atoms with Crippen LogP contribution in [0.15, 0.2) is 30.5 Å². The van der Waals surface area contributed by atoms with Crippen molar-refractivity contribution in [3.63, 3.8) is 0 Å². The summed E-state index contributed by atoms with van der Waals surface area (Å²) in [6, 6.07) is 9.84. The molecule has 1 saturated heterocycles. The highest BCUT2D eigenvalue weighted by atomic mass is 16.5. The van der Waals surface area contributed by atoms with Crippen molar-refractivity contribution in [2.75, 3.05) is 30.3 Å². The second kappa shape index (κ2) is 4.75. The summed E-state index contributed by atoms with van der Waals surface area (Å²) in [6.45, 7) is 1.87. The molecule has 1 aliphatic heterocycles. The molecule has 5 heteroatoms. The number of ether oxygens (including phenoxy) is 1. The van der Waals surface area contributed by atoms with Gasteiger partial charge in [0.15, 0.2) is 6.10 Å². The highest BCUT2D eigenvalue weighted by Crippen LogP contribution is 2.30. The second-order valence-corrected chi connectivity index (χ2v) is 4.51. The fourth-order valence-electron chi connectivity index (χ4n) is 2.38. The van der Waals surface area contributed by atoms with Gasteiger partial charge in [-0.15, -0.1) is 0 Å². The van der Waals surface area contributed by atoms with Gasteiger partial charge in [0.05, 0.1) is 30.4 Å². The Bertz CT molecular complexity index is 649. The van der Waals surface area contributed by atoms with Gasteiger partial charge in [-0.2, -0.15) is 5.26 Å². The van der Waals surface area contributed by atoms with E-state index in [0.29, 0.717) is 13.2 Å². The first-order valence-corrected chi connectivity index (χ1v) is 6.19. The molecule has 1 atom stereocenters. The Kier molecular flexibility index (Phi) is 2.94. The SMILES string of the molecule is N#CC1CN(c2ccc(N)c3cccnc23)CCO1. The van der Waals surface area contributed by atoms with Crippen molar-refractivity contribution >= 4 is 22.3 Å². The van der Waals surface area contributed by atoms with Gasteiger partial charge in [0.2, 0.25) is 0 Å². The molecule has 0 saturated carbocycles. The molecular weight excluding hydrogens is 240 g/mol. The molecule has 1 aromatic carbocycles. The Hall–Kier alpha value is -2.32. The molecule has 1 aromatic heterocycles. The molecule has 2 aromatic rings. The molecule has 0 spiro atoms. The Morgan fingerprint density at radius 1 is 1.42 bits per heavy atom. The molecular formula is C14H14N4O. The van der Waals surface area contributed by atoms with Gasteiger partial charge in [-0.25, -0.2) is 0 Å². The Morgan fingerprint density at radius 2 is 2.32 bits per heavy atom. The number of fused-ring (bicyclic) bond motifs is 1. The summed E-state index contributed by atoms with van der Waals surface area (Å²) >= 11 is 0. The van der Waals surface area contributed by atoms with E-state index in [1.165, 1.54) is 0 Å². The Balaban J connectivity index is 2.06. The minimum absolute atomic E-state index is 0.384. The average Bonchev–Trinajstić information content (AvgIpc) is 2.48. The number of benzene rings is 1. The van der Waals surface area contributed by atoms with Gasteiger partial charge in [-0.1, -0.05) is 0 Å². The van der Waals surface area contributed by atoms with E-state index in [2.05, 4.69) is 16.0 Å². The number of nitriles is 1. The fourth-order valence-corrected chi connectivity index (χ4v) is 2.38. The van der Waals surface area contributed by atoms with Gasteiger partial charge < -0.3 is 15.4 Å². The molecule has 1 fully saturated rings. The van der Waals surface area contributed by atoms with Crippen LogP contribution in [0.1, 0.15) is 0 Å². The number of hydrogen-bond acceptors (Lipinski definition) is 5. The third-order valence-corrected chi connectivity index (χ3v) is 3.33. The van der Waals surface area contributed by atoms with Crippen LogP contribution in [0.4, 0.5) is 11.4 Å². The lowest BCUT2D eigenvalue weighted by Gasteiger charge is -2.32. The van der Waals surface area contributed by atoms with E-state index in [0.717, 1.165) is 28.8 Å². The summed E-state index contributed by atoms with van der Waals surface area (Å²) in [5.74, 6) is 0. The highest BCUT2D eigenvalue weighted by molar-refractivity contribution is 5.98. The number of pyridine rings is 1. The van der Waals surface area contributed by atoms with Crippen molar-refractivity contribution in [1.82, 2.24) is 4.98 Å². The zero-order valence-corrected chi connectivity index (χ0v) is 10.4. The Morgan fingerprint density at radius 3 is 3.16 bits per heavy atom. The first-order valence-electron chi connectivity index (χ1n) is 6.19. The fraction of sp³-hybridized carbons (Fsp3) is 0.286. The quantitative estimate of drug-likeness (QED) is 0.781. The Labute approximate surface area is 111 Å². The molecule has 1 unspecified atom stereocenters. The van der Waals surface area contributed by atoms with Crippen LogP contribution in [0.5, 0.6) is 0 Å². The molecule has 0 bridgehead atoms. The topological polar surface area (TPSA) is 75.2 Å². The molecule has 0 radical (unpaired) electrons. The first-order chi connectivity index (χ1) is 9.29. The molecule has 5 nitrogen and oxygen atoms in total. The van der Waals surface area contributed by atoms with Crippen molar-refractivity contribution in [3.8, 4) is 6.07 Å². The van der Waals surface area contributed by atoms with Gasteiger partial charge in [0, 0.05) is 23.8 Å². The third-order valence-electron chi connectivity index (χ3n) is 3.33. The minimum Gasteiger partial charge on any atom is -0.398 e. The van der Waals surface area contributed by atoms with Crippen LogP contribution in [0.3, 0.4) is 0 Å². The summed E-state index contributed by atoms with van der Waals surface area (Å²) in [4.78, 5) is 6.55. The van der Waals surface area contributed by atoms with Crippen LogP contribution in [0, 0.1) is 11.3 Å². The number of aromatic nitrogens is 1. The molecule has 2 heterocycles. The summed E-state index contributed by atoms with van der Waals surface area (Å²) in [5.41, 5.74) is 8.58. The largest absolute Gasteiger partial charge is 0.398 e. The monoisotopic (exact) mass is 254 g/mol. The number of nitrogens with two attached hydrogens (primary N) is 1. The lowest BCUT2D eigenvalue weighted by molar-refractivity contribution is 0.0765. The van der Waals surface area contributed by atoms with Crippen molar-refractivity contribution in [2.24, 2.45) is 0 Å². The molecule has 0 aliphatic carbocycles. The average molecular weight is 254 g/mol. The second-order valence-electron chi connectivity index (χ2n) is 4.51. The predicted molar refractivity (Wildman–Crippen MR) is 73.7 cm³/mol. The van der Waals surface area contributed by atoms with Crippen LogP contribution < -0.4 is 10.6 Å². The lowest BCUT2D eigenvalue weighted by Crippen LogP contribution is -2.42. The van der Waals surface area contributed by atoms with Crippen LogP contribution in [0.25, 0.3) is 10.9 Å². The maximum atomic E-state index is 8.98. The standard InChI is InChI=1S/C14H14N4O/c15-8-10-9-18(6-7-19-10)13-4-3-12(16)11-2-1-5-17-14(11)13/h1-5,10H,6-7,9,16H2. The van der Waals surface area contributed by atoms with Crippen LogP contribution in [-0.4, -0.2) is 30.8 Å². The summed E-state index contributed by atoms with van der Waals surface area (Å²) in [5, 5.41) is 9.92. The van der Waals surface area contributed by atoms with Gasteiger partial charge >= 0.3 is 0 Å². The van der Waals surface area contributed by atoms with E-state index >= 15 is 0 Å². The first kappa shape index (κ1) is 11.8. The van der Waals surface area contributed by atoms with E-state index in [1.807, 2.05) is 24.3 Å². The van der Waals surface area contributed by atoms with E-state index < -0.39 is 0 Å². The molecule has 2 N–H and O–H groups in total. The maximum Gasteiger partial charge on any atom is 0.161 e. The highest BCUT2D eigenvalue weighted by Gasteiger charge is 2.22. The van der Waals surface area contributed by atoms with Gasteiger partial charge in [-0.3, -0.25) is 4.98 Å². The molecule has 1 aliphatic rings. The zero-order chi connectivity index (χ0) is 13.2. The van der Waals surface area contributed by atoms with E-state index in [-0.39, 0.29) is 6.10 Å². The summed E-state index contributed by atoms with van der Waals surface area (Å²) < 4.78 is 5.37. The van der Waals surface area contributed by atoms with Crippen molar-refractivity contribution in [1.29, 1.82) is 5.26 Å². The predicted octanol–water partition coefficient (Wildman–Crippen LogP) is 1.55. The minimum atomic E-state index is -0.384. The number of anilines is 2. The molecule has 0 amide bonds. The van der Waals surface area contributed by atoms with Crippen molar-refractivity contribution in [2.45, 2.75) is 6.10 Å². The number of morpholine rings is 1. The molecule has 3 rings (SSSR count). The molecule has 96 valence electrons. The normalized spacial score (nSPS) is 19.3. The van der Waals surface area contributed by atoms with E-state index in [1.54, 1.807) is 6.20 Å². The van der Waals surface area contributed by atoms with Gasteiger partial charge in [0.25, 0.3) is 0 Å². The van der Waals surface area contributed by atoms with Crippen LogP contribution >= 0.6 is 0 Å². The summed E-state index contributed by atoms with van der Waals surface area (Å²) in [7, 11) is 0. The van der Waals surface area contributed by atoms with Gasteiger partial charge in [0.1, 0.15) is 0 Å². The lowest BCUT2D eigenvalue weighted by atomic mass is 10.1.